The Balaban J connectivity index is 2.46. The van der Waals surface area contributed by atoms with E-state index < -0.39 is 0 Å². The van der Waals surface area contributed by atoms with Crippen molar-refractivity contribution in [1.29, 1.82) is 0 Å². The first-order valence-electron chi connectivity index (χ1n) is 7.03. The average molecular weight is 243 g/mol. The third-order valence-electron chi connectivity index (χ3n) is 4.25. The molecule has 1 heteroatoms. The maximum Gasteiger partial charge on any atom is 0.0673 e. The molecule has 1 nitrogen and oxygen atoms in total. The van der Waals surface area contributed by atoms with E-state index in [9.17, 15) is 0 Å². The first-order chi connectivity index (χ1) is 8.34. The van der Waals surface area contributed by atoms with Crippen LogP contribution in [-0.2, 0) is 5.41 Å². The molecule has 98 valence electrons. The van der Waals surface area contributed by atoms with Crippen LogP contribution in [0, 0.1) is 5.92 Å². The Morgan fingerprint density at radius 3 is 2.44 bits per heavy atom. The van der Waals surface area contributed by atoms with Gasteiger partial charge >= 0.3 is 0 Å². The van der Waals surface area contributed by atoms with Crippen LogP contribution in [0.2, 0.25) is 0 Å². The molecule has 0 spiro atoms. The summed E-state index contributed by atoms with van der Waals surface area (Å²) >= 11 is 0. The predicted molar refractivity (Wildman–Crippen MR) is 80.1 cm³/mol. The summed E-state index contributed by atoms with van der Waals surface area (Å²) in [6.07, 6.45) is 1.24. The van der Waals surface area contributed by atoms with Crippen molar-refractivity contribution in [3.05, 3.63) is 29.3 Å². The van der Waals surface area contributed by atoms with Crippen molar-refractivity contribution in [2.45, 2.75) is 59.3 Å². The summed E-state index contributed by atoms with van der Waals surface area (Å²) in [6, 6.07) is 6.60. The largest absolute Gasteiger partial charge is 0.257 e. The highest BCUT2D eigenvalue weighted by atomic mass is 14.8. The highest BCUT2D eigenvalue weighted by molar-refractivity contribution is 6.00. The van der Waals surface area contributed by atoms with E-state index >= 15 is 0 Å². The summed E-state index contributed by atoms with van der Waals surface area (Å²) < 4.78 is 0. The van der Waals surface area contributed by atoms with Crippen molar-refractivity contribution in [3.63, 3.8) is 0 Å². The fourth-order valence-corrected chi connectivity index (χ4v) is 3.08. The lowest BCUT2D eigenvalue weighted by molar-refractivity contribution is 0.518. The van der Waals surface area contributed by atoms with Gasteiger partial charge in [0.15, 0.2) is 0 Å². The van der Waals surface area contributed by atoms with Crippen molar-refractivity contribution in [1.82, 2.24) is 0 Å². The van der Waals surface area contributed by atoms with Gasteiger partial charge in [0.25, 0.3) is 0 Å². The third-order valence-corrected chi connectivity index (χ3v) is 4.25. The molecule has 0 bridgehead atoms. The third kappa shape index (κ3) is 2.11. The van der Waals surface area contributed by atoms with Crippen LogP contribution < -0.4 is 0 Å². The zero-order valence-corrected chi connectivity index (χ0v) is 12.5. The summed E-state index contributed by atoms with van der Waals surface area (Å²) in [5.74, 6) is 1.35. The number of nitrogens with zero attached hydrogens (tertiary/aromatic N) is 1. The average Bonchev–Trinajstić information content (AvgIpc) is 2.49. The molecule has 0 amide bonds. The molecule has 0 N–H and O–H groups in total. The van der Waals surface area contributed by atoms with E-state index in [1.165, 1.54) is 28.9 Å². The first kappa shape index (κ1) is 13.3. The molecule has 2 rings (SSSR count). The minimum atomic E-state index is 0.0944. The maximum atomic E-state index is 4.74. The van der Waals surface area contributed by atoms with Gasteiger partial charge < -0.3 is 0 Å². The first-order valence-corrected chi connectivity index (χ1v) is 7.03. The molecule has 0 aliphatic carbocycles. The van der Waals surface area contributed by atoms with Gasteiger partial charge in [-0.15, -0.1) is 0 Å². The lowest BCUT2D eigenvalue weighted by Gasteiger charge is -2.26. The van der Waals surface area contributed by atoms with E-state index in [2.05, 4.69) is 59.7 Å². The Hall–Kier alpha value is -1.11. The van der Waals surface area contributed by atoms with E-state index in [4.69, 9.17) is 4.99 Å². The normalized spacial score (nSPS) is 18.7. The molecule has 1 aliphatic heterocycles. The zero-order chi connectivity index (χ0) is 13.5. The van der Waals surface area contributed by atoms with Crippen molar-refractivity contribution in [2.24, 2.45) is 10.9 Å². The summed E-state index contributed by atoms with van der Waals surface area (Å²) in [5, 5.41) is 0. The summed E-state index contributed by atoms with van der Waals surface area (Å²) in [6.45, 7) is 13.7. The highest BCUT2D eigenvalue weighted by Gasteiger charge is 2.35. The van der Waals surface area contributed by atoms with Gasteiger partial charge in [-0.2, -0.15) is 0 Å². The number of hydrogen-bond donors (Lipinski definition) is 0. The Bertz CT molecular complexity index is 480. The van der Waals surface area contributed by atoms with Crippen molar-refractivity contribution in [2.75, 3.05) is 0 Å². The standard InChI is InChI=1S/C17H25N/c1-11(2)10-12(3)14-8-7-9-15-16(14)17(5,6)13(4)18-15/h7-9,11-12H,10H2,1-6H3. The zero-order valence-electron chi connectivity index (χ0n) is 12.5. The van der Waals surface area contributed by atoms with Gasteiger partial charge in [-0.3, -0.25) is 4.99 Å². The smallest absolute Gasteiger partial charge is 0.0673 e. The second-order valence-electron chi connectivity index (χ2n) is 6.59. The quantitative estimate of drug-likeness (QED) is 0.690. The number of hydrogen-bond acceptors (Lipinski definition) is 1. The predicted octanol–water partition coefficient (Wildman–Crippen LogP) is 5.22. The van der Waals surface area contributed by atoms with E-state index in [0.29, 0.717) is 5.92 Å². The summed E-state index contributed by atoms with van der Waals surface area (Å²) in [5.41, 5.74) is 5.46. The van der Waals surface area contributed by atoms with Crippen LogP contribution in [0.4, 0.5) is 5.69 Å². The van der Waals surface area contributed by atoms with Crippen molar-refractivity contribution >= 4 is 11.4 Å². The molecular weight excluding hydrogens is 218 g/mol. The molecule has 18 heavy (non-hydrogen) atoms. The van der Waals surface area contributed by atoms with Crippen LogP contribution in [0.3, 0.4) is 0 Å². The van der Waals surface area contributed by atoms with E-state index in [0.717, 1.165) is 5.92 Å². The molecule has 1 atom stereocenters. The van der Waals surface area contributed by atoms with Crippen LogP contribution >= 0.6 is 0 Å². The molecule has 0 saturated carbocycles. The fraction of sp³-hybridized carbons (Fsp3) is 0.588. The molecule has 1 aromatic carbocycles. The lowest BCUT2D eigenvalue weighted by atomic mass is 9.76. The van der Waals surface area contributed by atoms with Gasteiger partial charge in [0, 0.05) is 11.1 Å². The van der Waals surface area contributed by atoms with Crippen LogP contribution in [0.15, 0.2) is 23.2 Å². The Labute approximate surface area is 111 Å². The summed E-state index contributed by atoms with van der Waals surface area (Å²) in [4.78, 5) is 4.74. The van der Waals surface area contributed by atoms with Crippen molar-refractivity contribution < 1.29 is 0 Å². The Morgan fingerprint density at radius 1 is 1.17 bits per heavy atom. The minimum Gasteiger partial charge on any atom is -0.257 e. The molecule has 0 fully saturated rings. The monoisotopic (exact) mass is 243 g/mol. The van der Waals surface area contributed by atoms with Crippen LogP contribution in [-0.4, -0.2) is 5.71 Å². The molecule has 1 unspecified atom stereocenters. The van der Waals surface area contributed by atoms with E-state index in [-0.39, 0.29) is 5.41 Å². The van der Waals surface area contributed by atoms with Crippen LogP contribution in [0.5, 0.6) is 0 Å². The van der Waals surface area contributed by atoms with Gasteiger partial charge in [0.05, 0.1) is 5.69 Å². The number of fused-ring (bicyclic) bond motifs is 1. The molecule has 0 aromatic heterocycles. The van der Waals surface area contributed by atoms with Gasteiger partial charge in [0.2, 0.25) is 0 Å². The van der Waals surface area contributed by atoms with Crippen molar-refractivity contribution in [3.8, 4) is 0 Å². The lowest BCUT2D eigenvalue weighted by Crippen LogP contribution is -2.24. The van der Waals surface area contributed by atoms with Crippen LogP contribution in [0.25, 0.3) is 0 Å². The maximum absolute atomic E-state index is 4.74. The minimum absolute atomic E-state index is 0.0944. The summed E-state index contributed by atoms with van der Waals surface area (Å²) in [7, 11) is 0. The van der Waals surface area contributed by atoms with Gasteiger partial charge in [-0.05, 0) is 42.4 Å². The SMILES string of the molecule is CC1=Nc2cccc(C(C)CC(C)C)c2C1(C)C. The molecular formula is C17H25N. The number of rotatable bonds is 3. The van der Waals surface area contributed by atoms with Gasteiger partial charge in [-0.25, -0.2) is 0 Å². The molecule has 0 radical (unpaired) electrons. The van der Waals surface area contributed by atoms with Gasteiger partial charge in [0.1, 0.15) is 0 Å². The highest BCUT2D eigenvalue weighted by Crippen LogP contribution is 2.44. The molecule has 0 saturated heterocycles. The molecule has 1 aliphatic rings. The van der Waals surface area contributed by atoms with Crippen LogP contribution in [0.1, 0.15) is 65.0 Å². The van der Waals surface area contributed by atoms with E-state index in [1.54, 1.807) is 0 Å². The molecule has 1 aromatic rings. The second-order valence-corrected chi connectivity index (χ2v) is 6.59. The fourth-order valence-electron chi connectivity index (χ4n) is 3.08. The second kappa shape index (κ2) is 4.53. The number of benzene rings is 1. The van der Waals surface area contributed by atoms with Gasteiger partial charge in [-0.1, -0.05) is 46.8 Å². The Kier molecular flexibility index (Phi) is 3.35. The topological polar surface area (TPSA) is 12.4 Å². The Morgan fingerprint density at radius 2 is 1.83 bits per heavy atom. The number of aliphatic imine (C=N–C) groups is 1. The van der Waals surface area contributed by atoms with E-state index in [1.807, 2.05) is 0 Å². The molecule has 1 heterocycles.